The molecule has 0 aromatic rings. The van der Waals surface area contributed by atoms with Crippen LogP contribution in [-0.2, 0) is 9.47 Å². The molecule has 0 radical (unpaired) electrons. The zero-order valence-electron chi connectivity index (χ0n) is 13.1. The second-order valence-electron chi connectivity index (χ2n) is 5.88. The highest BCUT2D eigenvalue weighted by molar-refractivity contribution is 4.92. The predicted octanol–water partition coefficient (Wildman–Crippen LogP) is -5.37. The molecule has 2 aliphatic rings. The molecule has 0 spiro atoms. The molecule has 0 aliphatic carbocycles. The summed E-state index contributed by atoms with van der Waals surface area (Å²) in [6.07, 6.45) is -9.48. The van der Waals surface area contributed by atoms with Crippen molar-refractivity contribution in [3.63, 3.8) is 0 Å². The molecule has 0 aromatic carbocycles. The average Bonchev–Trinajstić information content (AvgIpc) is 2.76. The van der Waals surface area contributed by atoms with Crippen LogP contribution in [0.2, 0.25) is 0 Å². The highest BCUT2D eigenvalue weighted by Crippen LogP contribution is 2.28. The smallest absolute Gasteiger partial charge is 0.192 e. The third-order valence-corrected chi connectivity index (χ3v) is 3.99. The van der Waals surface area contributed by atoms with E-state index in [2.05, 4.69) is 0 Å². The van der Waals surface area contributed by atoms with Gasteiger partial charge in [0.05, 0.1) is 19.8 Å². The maximum Gasteiger partial charge on any atom is 0.192 e. The van der Waals surface area contributed by atoms with Crippen LogP contribution in [0, 0.1) is 0 Å². The Morgan fingerprint density at radius 3 is 1.38 bits per heavy atom. The van der Waals surface area contributed by atoms with E-state index >= 15 is 0 Å². The number of aliphatic hydroxyl groups is 9. The summed E-state index contributed by atoms with van der Waals surface area (Å²) in [5.41, 5.74) is 0. The van der Waals surface area contributed by atoms with E-state index in [9.17, 15) is 20.4 Å². The molecule has 2 saturated heterocycles. The molecule has 2 rings (SSSR count). The zero-order valence-corrected chi connectivity index (χ0v) is 13.1. The van der Waals surface area contributed by atoms with E-state index in [0.717, 1.165) is 0 Å². The predicted molar refractivity (Wildman–Crippen MR) is 75.4 cm³/mol. The lowest BCUT2D eigenvalue weighted by Crippen LogP contribution is -2.59. The largest absolute Gasteiger partial charge is 0.394 e. The summed E-state index contributed by atoms with van der Waals surface area (Å²) in [6.45, 7) is -0.131. The molecule has 9 N–H and O–H groups in total. The lowest BCUT2D eigenvalue weighted by molar-refractivity contribution is -0.235. The maximum absolute atomic E-state index is 9.25. The van der Waals surface area contributed by atoms with Crippen LogP contribution >= 0.6 is 0 Å². The minimum absolute atomic E-state index is 0.422. The van der Waals surface area contributed by atoms with Gasteiger partial charge in [-0.15, -0.1) is 0 Å². The lowest BCUT2D eigenvalue weighted by Gasteiger charge is -2.39. The minimum Gasteiger partial charge on any atom is -0.394 e. The number of rotatable bonds is 3. The summed E-state index contributed by atoms with van der Waals surface area (Å²) in [7, 11) is 0. The Labute approximate surface area is 137 Å². The van der Waals surface area contributed by atoms with E-state index in [0.29, 0.717) is 0 Å². The van der Waals surface area contributed by atoms with Gasteiger partial charge in [0, 0.05) is 0 Å². The van der Waals surface area contributed by atoms with E-state index in [1.165, 1.54) is 6.92 Å². The molecule has 8 unspecified atom stereocenters. The van der Waals surface area contributed by atoms with Crippen molar-refractivity contribution < 1.29 is 55.4 Å². The van der Waals surface area contributed by atoms with E-state index in [4.69, 9.17) is 35.0 Å². The third kappa shape index (κ3) is 4.59. The van der Waals surface area contributed by atoms with Gasteiger partial charge in [-0.3, -0.25) is 0 Å². The van der Waals surface area contributed by atoms with E-state index in [1.807, 2.05) is 0 Å². The first-order valence-electron chi connectivity index (χ1n) is 7.39. The number of hydrogen-bond donors (Lipinski definition) is 9. The summed E-state index contributed by atoms with van der Waals surface area (Å²) in [5.74, 6) is -1.76. The average molecular weight is 358 g/mol. The Kier molecular flexibility index (Phi) is 7.90. The minimum atomic E-state index is -1.76. The maximum atomic E-state index is 9.25. The van der Waals surface area contributed by atoms with Crippen molar-refractivity contribution in [1.29, 1.82) is 0 Å². The molecule has 0 aromatic heterocycles. The molecule has 2 fully saturated rings. The molecule has 24 heavy (non-hydrogen) atoms. The van der Waals surface area contributed by atoms with Crippen molar-refractivity contribution in [2.45, 2.75) is 61.5 Å². The third-order valence-electron chi connectivity index (χ3n) is 3.99. The molecular formula is C13H26O11. The molecule has 0 saturated carbocycles. The first-order valence-corrected chi connectivity index (χ1v) is 7.39. The molecule has 0 amide bonds. The van der Waals surface area contributed by atoms with Gasteiger partial charge in [0.1, 0.15) is 48.8 Å². The summed E-state index contributed by atoms with van der Waals surface area (Å²) in [5, 5.41) is 81.1. The fraction of sp³-hybridized carbons (Fsp3) is 1.00. The Bertz CT molecular complexity index is 359. The van der Waals surface area contributed by atoms with E-state index in [-0.39, 0.29) is 0 Å². The van der Waals surface area contributed by atoms with Gasteiger partial charge in [-0.1, -0.05) is 0 Å². The SMILES string of the molecule is CC1(O)OC(CO)C(O)C1O.OCC1OC(CO)C(O)C(O)C1O. The van der Waals surface area contributed by atoms with Gasteiger partial charge in [-0.05, 0) is 6.92 Å². The van der Waals surface area contributed by atoms with Crippen molar-refractivity contribution in [2.75, 3.05) is 19.8 Å². The van der Waals surface area contributed by atoms with Gasteiger partial charge in [0.2, 0.25) is 0 Å². The van der Waals surface area contributed by atoms with Crippen molar-refractivity contribution >= 4 is 0 Å². The normalized spacial score (nSPS) is 48.8. The standard InChI is InChI=1S/C7H14O6.C6H12O5/c8-1-3-5(10)7(12)6(11)4(2-9)13-3;1-6(10)5(9)4(8)3(2-7)11-6/h3-12H,1-2H2;3-5,7-10H,2H2,1H3. The highest BCUT2D eigenvalue weighted by Gasteiger charge is 2.49. The molecule has 11 nitrogen and oxygen atoms in total. The molecule has 11 heteroatoms. The fourth-order valence-corrected chi connectivity index (χ4v) is 2.44. The van der Waals surface area contributed by atoms with Gasteiger partial charge < -0.3 is 55.4 Å². The van der Waals surface area contributed by atoms with Crippen molar-refractivity contribution in [1.82, 2.24) is 0 Å². The van der Waals surface area contributed by atoms with Gasteiger partial charge in [-0.25, -0.2) is 0 Å². The Balaban J connectivity index is 0.000000243. The van der Waals surface area contributed by atoms with Crippen LogP contribution in [-0.4, -0.2) is 120 Å². The molecule has 0 bridgehead atoms. The van der Waals surface area contributed by atoms with Crippen LogP contribution in [0.5, 0.6) is 0 Å². The molecule has 2 heterocycles. The molecule has 144 valence electrons. The summed E-state index contributed by atoms with van der Waals surface area (Å²) < 4.78 is 9.65. The Morgan fingerprint density at radius 2 is 1.12 bits per heavy atom. The van der Waals surface area contributed by atoms with Crippen molar-refractivity contribution in [2.24, 2.45) is 0 Å². The molecular weight excluding hydrogens is 332 g/mol. The first-order chi connectivity index (χ1) is 11.1. The monoisotopic (exact) mass is 358 g/mol. The summed E-state index contributed by atoms with van der Waals surface area (Å²) in [4.78, 5) is 0. The summed E-state index contributed by atoms with van der Waals surface area (Å²) >= 11 is 0. The first kappa shape index (κ1) is 21.6. The van der Waals surface area contributed by atoms with Gasteiger partial charge >= 0.3 is 0 Å². The zero-order chi connectivity index (χ0) is 18.7. The van der Waals surface area contributed by atoms with Crippen molar-refractivity contribution in [3.8, 4) is 0 Å². The second kappa shape index (κ2) is 8.78. The lowest BCUT2D eigenvalue weighted by atomic mass is 9.95. The van der Waals surface area contributed by atoms with Gasteiger partial charge in [-0.2, -0.15) is 0 Å². The number of aliphatic hydroxyl groups excluding tert-OH is 8. The molecule has 2 aliphatic heterocycles. The highest BCUT2D eigenvalue weighted by atomic mass is 16.7. The second-order valence-corrected chi connectivity index (χ2v) is 5.88. The summed E-state index contributed by atoms with van der Waals surface area (Å²) in [6, 6.07) is 0. The number of hydrogen-bond acceptors (Lipinski definition) is 11. The van der Waals surface area contributed by atoms with Crippen LogP contribution in [0.1, 0.15) is 6.92 Å². The van der Waals surface area contributed by atoms with E-state index < -0.39 is 74.4 Å². The van der Waals surface area contributed by atoms with Crippen LogP contribution in [0.15, 0.2) is 0 Å². The Morgan fingerprint density at radius 1 is 0.708 bits per heavy atom. The molecule has 8 atom stereocenters. The fourth-order valence-electron chi connectivity index (χ4n) is 2.44. The van der Waals surface area contributed by atoms with E-state index in [1.54, 1.807) is 0 Å². The Hall–Kier alpha value is -0.440. The van der Waals surface area contributed by atoms with Gasteiger partial charge in [0.25, 0.3) is 0 Å². The quantitative estimate of drug-likeness (QED) is 0.233. The number of ether oxygens (including phenoxy) is 2. The van der Waals surface area contributed by atoms with Gasteiger partial charge in [0.15, 0.2) is 5.79 Å². The van der Waals surface area contributed by atoms with Crippen LogP contribution in [0.4, 0.5) is 0 Å². The topological polar surface area (TPSA) is 201 Å². The van der Waals surface area contributed by atoms with Crippen molar-refractivity contribution in [3.05, 3.63) is 0 Å². The van der Waals surface area contributed by atoms with Crippen LogP contribution in [0.25, 0.3) is 0 Å². The van der Waals surface area contributed by atoms with Crippen LogP contribution < -0.4 is 0 Å². The van der Waals surface area contributed by atoms with Crippen LogP contribution in [0.3, 0.4) is 0 Å².